The zero-order valence-corrected chi connectivity index (χ0v) is 13.2. The minimum absolute atomic E-state index is 0.725. The van der Waals surface area contributed by atoms with Gasteiger partial charge in [-0.3, -0.25) is 0 Å². The first kappa shape index (κ1) is 13.6. The molecule has 0 atom stereocenters. The van der Waals surface area contributed by atoms with Crippen LogP contribution < -0.4 is 4.90 Å². The third kappa shape index (κ3) is 2.15. The van der Waals surface area contributed by atoms with Gasteiger partial charge in [-0.2, -0.15) is 9.61 Å². The van der Waals surface area contributed by atoms with Crippen LogP contribution in [0.4, 0.5) is 5.82 Å². The van der Waals surface area contributed by atoms with Crippen LogP contribution in [-0.4, -0.2) is 27.7 Å². The van der Waals surface area contributed by atoms with E-state index < -0.39 is 0 Å². The van der Waals surface area contributed by atoms with Gasteiger partial charge in [0.15, 0.2) is 5.65 Å². The number of anilines is 1. The molecule has 4 nitrogen and oxygen atoms in total. The second-order valence-electron chi connectivity index (χ2n) is 5.72. The van der Waals surface area contributed by atoms with E-state index in [9.17, 15) is 0 Å². The zero-order valence-electron chi connectivity index (χ0n) is 12.5. The van der Waals surface area contributed by atoms with E-state index in [1.54, 1.807) is 0 Å². The molecule has 1 aromatic carbocycles. The second-order valence-corrected chi connectivity index (χ2v) is 6.13. The highest BCUT2D eigenvalue weighted by molar-refractivity contribution is 6.33. The maximum atomic E-state index is 6.35. The van der Waals surface area contributed by atoms with Crippen LogP contribution in [0.25, 0.3) is 16.8 Å². The van der Waals surface area contributed by atoms with Crippen molar-refractivity contribution in [3.8, 4) is 11.1 Å². The van der Waals surface area contributed by atoms with Gasteiger partial charge in [0.05, 0.1) is 6.20 Å². The Balaban J connectivity index is 1.94. The molecule has 1 aliphatic heterocycles. The van der Waals surface area contributed by atoms with Gasteiger partial charge in [0, 0.05) is 41.0 Å². The fourth-order valence-electron chi connectivity index (χ4n) is 3.11. The Hall–Kier alpha value is -2.07. The van der Waals surface area contributed by atoms with Gasteiger partial charge in [-0.25, -0.2) is 4.98 Å². The van der Waals surface area contributed by atoms with Crippen LogP contribution in [0.15, 0.2) is 36.5 Å². The molecule has 0 radical (unpaired) electrons. The van der Waals surface area contributed by atoms with E-state index in [1.807, 2.05) is 41.9 Å². The molecule has 1 fully saturated rings. The minimum atomic E-state index is 0.725. The van der Waals surface area contributed by atoms with E-state index in [4.69, 9.17) is 16.6 Å². The van der Waals surface area contributed by atoms with Gasteiger partial charge in [-0.1, -0.05) is 29.8 Å². The quantitative estimate of drug-likeness (QED) is 0.718. The molecule has 0 N–H and O–H groups in total. The van der Waals surface area contributed by atoms with Gasteiger partial charge in [0.1, 0.15) is 5.82 Å². The Labute approximate surface area is 134 Å². The first-order valence-corrected chi connectivity index (χ1v) is 7.97. The number of rotatable bonds is 2. The molecule has 1 aliphatic rings. The van der Waals surface area contributed by atoms with Gasteiger partial charge >= 0.3 is 0 Å². The fraction of sp³-hybridized carbons (Fsp3) is 0.294. The van der Waals surface area contributed by atoms with Gasteiger partial charge in [-0.15, -0.1) is 0 Å². The number of aromatic nitrogens is 3. The summed E-state index contributed by atoms with van der Waals surface area (Å²) in [5.41, 5.74) is 3.83. The normalized spacial score (nSPS) is 14.9. The van der Waals surface area contributed by atoms with Crippen molar-refractivity contribution in [3.05, 3.63) is 47.2 Å². The molecule has 5 heteroatoms. The largest absolute Gasteiger partial charge is 0.356 e. The van der Waals surface area contributed by atoms with Crippen LogP contribution in [0.2, 0.25) is 5.02 Å². The molecule has 1 saturated heterocycles. The summed E-state index contributed by atoms with van der Waals surface area (Å²) in [6.45, 7) is 4.20. The lowest BCUT2D eigenvalue weighted by molar-refractivity contribution is 0.845. The summed E-state index contributed by atoms with van der Waals surface area (Å²) in [7, 11) is 0. The first-order chi connectivity index (χ1) is 10.7. The molecule has 0 spiro atoms. The lowest BCUT2D eigenvalue weighted by atomic mass is 10.1. The summed E-state index contributed by atoms with van der Waals surface area (Å²) in [6.07, 6.45) is 4.34. The van der Waals surface area contributed by atoms with Crippen molar-refractivity contribution in [2.45, 2.75) is 19.8 Å². The SMILES string of the molecule is Cc1cc(N2CCCC2)n2ncc(-c3ccccc3Cl)c2n1. The van der Waals surface area contributed by atoms with Crippen molar-refractivity contribution in [2.75, 3.05) is 18.0 Å². The Morgan fingerprint density at radius 1 is 1.09 bits per heavy atom. The van der Waals surface area contributed by atoms with E-state index in [-0.39, 0.29) is 0 Å². The molecule has 0 unspecified atom stereocenters. The number of benzene rings is 1. The molecule has 22 heavy (non-hydrogen) atoms. The molecular formula is C17H17ClN4. The molecule has 112 valence electrons. The smallest absolute Gasteiger partial charge is 0.165 e. The van der Waals surface area contributed by atoms with Crippen LogP contribution in [-0.2, 0) is 0 Å². The van der Waals surface area contributed by atoms with E-state index in [0.29, 0.717) is 0 Å². The minimum Gasteiger partial charge on any atom is -0.356 e. The van der Waals surface area contributed by atoms with Crippen LogP contribution >= 0.6 is 11.6 Å². The summed E-state index contributed by atoms with van der Waals surface area (Å²) >= 11 is 6.35. The number of hydrogen-bond acceptors (Lipinski definition) is 3. The fourth-order valence-corrected chi connectivity index (χ4v) is 3.34. The van der Waals surface area contributed by atoms with Gasteiger partial charge in [-0.05, 0) is 25.8 Å². The Morgan fingerprint density at radius 3 is 2.64 bits per heavy atom. The summed E-state index contributed by atoms with van der Waals surface area (Å²) in [4.78, 5) is 7.08. The molecule has 0 saturated carbocycles. The van der Waals surface area contributed by atoms with Crippen molar-refractivity contribution < 1.29 is 0 Å². The highest BCUT2D eigenvalue weighted by Gasteiger charge is 2.19. The topological polar surface area (TPSA) is 33.4 Å². The summed E-state index contributed by atoms with van der Waals surface area (Å²) in [5.74, 6) is 1.12. The van der Waals surface area contributed by atoms with Crippen LogP contribution in [0.5, 0.6) is 0 Å². The number of halogens is 1. The third-order valence-corrected chi connectivity index (χ3v) is 4.50. The number of aryl methyl sites for hydroxylation is 1. The molecule has 3 aromatic rings. The van der Waals surface area contributed by atoms with Crippen molar-refractivity contribution in [1.29, 1.82) is 0 Å². The second kappa shape index (κ2) is 5.29. The van der Waals surface area contributed by atoms with E-state index in [0.717, 1.165) is 46.4 Å². The summed E-state index contributed by atoms with van der Waals surface area (Å²) in [5, 5.41) is 5.30. The highest BCUT2D eigenvalue weighted by atomic mass is 35.5. The van der Waals surface area contributed by atoms with Crippen molar-refractivity contribution >= 4 is 23.1 Å². The maximum absolute atomic E-state index is 6.35. The van der Waals surface area contributed by atoms with Gasteiger partial charge in [0.25, 0.3) is 0 Å². The third-order valence-electron chi connectivity index (χ3n) is 4.18. The van der Waals surface area contributed by atoms with E-state index >= 15 is 0 Å². The molecule has 0 amide bonds. The Morgan fingerprint density at radius 2 is 1.86 bits per heavy atom. The van der Waals surface area contributed by atoms with Gasteiger partial charge in [0.2, 0.25) is 0 Å². The van der Waals surface area contributed by atoms with Gasteiger partial charge < -0.3 is 4.90 Å². The van der Waals surface area contributed by atoms with Crippen molar-refractivity contribution in [1.82, 2.24) is 14.6 Å². The molecular weight excluding hydrogens is 296 g/mol. The monoisotopic (exact) mass is 312 g/mol. The van der Waals surface area contributed by atoms with Crippen LogP contribution in [0, 0.1) is 6.92 Å². The van der Waals surface area contributed by atoms with E-state index in [1.165, 1.54) is 12.8 Å². The number of hydrogen-bond donors (Lipinski definition) is 0. The van der Waals surface area contributed by atoms with Crippen LogP contribution in [0.1, 0.15) is 18.5 Å². The number of nitrogens with zero attached hydrogens (tertiary/aromatic N) is 4. The average Bonchev–Trinajstić information content (AvgIpc) is 3.16. The highest BCUT2D eigenvalue weighted by Crippen LogP contribution is 2.32. The predicted molar refractivity (Wildman–Crippen MR) is 89.6 cm³/mol. The van der Waals surface area contributed by atoms with Crippen molar-refractivity contribution in [3.63, 3.8) is 0 Å². The number of fused-ring (bicyclic) bond motifs is 1. The first-order valence-electron chi connectivity index (χ1n) is 7.59. The molecule has 0 bridgehead atoms. The van der Waals surface area contributed by atoms with Crippen molar-refractivity contribution in [2.24, 2.45) is 0 Å². The zero-order chi connectivity index (χ0) is 15.1. The average molecular weight is 313 g/mol. The molecule has 3 heterocycles. The predicted octanol–water partition coefficient (Wildman–Crippen LogP) is 3.96. The van der Waals surface area contributed by atoms with E-state index in [2.05, 4.69) is 16.1 Å². The maximum Gasteiger partial charge on any atom is 0.165 e. The molecule has 2 aromatic heterocycles. The Bertz CT molecular complexity index is 834. The lowest BCUT2D eigenvalue weighted by Crippen LogP contribution is -2.21. The summed E-state index contributed by atoms with van der Waals surface area (Å²) in [6, 6.07) is 9.95. The molecule has 0 aliphatic carbocycles. The summed E-state index contributed by atoms with van der Waals surface area (Å²) < 4.78 is 1.94. The van der Waals surface area contributed by atoms with Crippen LogP contribution in [0.3, 0.4) is 0 Å². The molecule has 4 rings (SSSR count). The lowest BCUT2D eigenvalue weighted by Gasteiger charge is -2.19. The Kier molecular flexibility index (Phi) is 3.26. The standard InChI is InChI=1S/C17H17ClN4/c1-12-10-16(21-8-4-5-9-21)22-17(20-12)14(11-19-22)13-6-2-3-7-15(13)18/h2-3,6-7,10-11H,4-5,8-9H2,1H3.